The summed E-state index contributed by atoms with van der Waals surface area (Å²) in [4.78, 5) is 18.3. The number of hydrogen-bond donors (Lipinski definition) is 3. The van der Waals surface area contributed by atoms with Crippen molar-refractivity contribution in [3.63, 3.8) is 0 Å². The molecular weight excluding hydrogens is 779 g/mol. The van der Waals surface area contributed by atoms with Crippen molar-refractivity contribution in [3.05, 3.63) is 156 Å². The molecule has 1 aliphatic heterocycles. The molecule has 11 rings (SSSR count). The van der Waals surface area contributed by atoms with Crippen LogP contribution in [0.1, 0.15) is 80.1 Å². The number of aromatic nitrogens is 1. The molecule has 4 bridgehead atoms. The first-order chi connectivity index (χ1) is 29.9. The summed E-state index contributed by atoms with van der Waals surface area (Å²) >= 11 is 1.55. The molecule has 312 valence electrons. The summed E-state index contributed by atoms with van der Waals surface area (Å²) in [5, 5.41) is 17.0. The van der Waals surface area contributed by atoms with Gasteiger partial charge in [0.1, 0.15) is 5.69 Å². The van der Waals surface area contributed by atoms with Gasteiger partial charge in [-0.05, 0) is 96.2 Å². The van der Waals surface area contributed by atoms with E-state index >= 15 is 0 Å². The maximum absolute atomic E-state index is 13.3. The monoisotopic (exact) mass is 831 g/mol. The van der Waals surface area contributed by atoms with E-state index in [4.69, 9.17) is 18.9 Å². The Labute approximate surface area is 362 Å². The molecule has 2 amide bonds. The first kappa shape index (κ1) is 39.9. The lowest BCUT2D eigenvalue weighted by Gasteiger charge is -2.56. The minimum atomic E-state index is -0.633. The SMILES string of the molecule is C[C@@H]1[C@H](CSc2nc(-c3ccccc3)c(-c3ccccc3)o2)O[C@H](c2cccc(-c3cccc(CNC(=O)NC45CC6CC(CC(C6)C4)C5)c3)c2)O[C@@H]1c1ccc(CO)cc1. The molecule has 6 aromatic rings. The van der Waals surface area contributed by atoms with Crippen molar-refractivity contribution in [2.75, 3.05) is 5.75 Å². The molecule has 0 spiro atoms. The Morgan fingerprint density at radius 1 is 0.721 bits per heavy atom. The number of nitrogens with zero attached hydrogens (tertiary/aromatic N) is 1. The van der Waals surface area contributed by atoms with Crippen molar-refractivity contribution in [2.45, 2.75) is 87.9 Å². The fourth-order valence-electron chi connectivity index (χ4n) is 10.9. The van der Waals surface area contributed by atoms with Crippen LogP contribution in [0.15, 0.2) is 143 Å². The number of thioether (sulfide) groups is 1. The van der Waals surface area contributed by atoms with Gasteiger partial charge in [-0.1, -0.05) is 140 Å². The summed E-state index contributed by atoms with van der Waals surface area (Å²) in [6.07, 6.45) is 6.35. The van der Waals surface area contributed by atoms with Crippen molar-refractivity contribution in [1.29, 1.82) is 0 Å². The summed E-state index contributed by atoms with van der Waals surface area (Å²) in [6.45, 7) is 2.61. The van der Waals surface area contributed by atoms with Gasteiger partial charge < -0.3 is 29.6 Å². The maximum Gasteiger partial charge on any atom is 0.315 e. The zero-order valence-electron chi connectivity index (χ0n) is 34.5. The van der Waals surface area contributed by atoms with E-state index in [2.05, 4.69) is 78.2 Å². The van der Waals surface area contributed by atoms with Crippen molar-refractivity contribution < 1.29 is 23.8 Å². The fourth-order valence-corrected chi connectivity index (χ4v) is 11.8. The molecule has 1 saturated heterocycles. The van der Waals surface area contributed by atoms with Crippen LogP contribution in [0.4, 0.5) is 4.79 Å². The number of amides is 2. The fraction of sp³-hybridized carbons (Fsp3) is 0.346. The highest BCUT2D eigenvalue weighted by Gasteiger charge is 2.51. The molecule has 61 heavy (non-hydrogen) atoms. The largest absolute Gasteiger partial charge is 0.431 e. The number of carbonyl (C=O) groups excluding carboxylic acids is 1. The molecule has 4 atom stereocenters. The number of ether oxygens (including phenoxy) is 2. The van der Waals surface area contributed by atoms with Gasteiger partial charge in [-0.15, -0.1) is 0 Å². The van der Waals surface area contributed by atoms with Gasteiger partial charge in [-0.25, -0.2) is 9.78 Å². The van der Waals surface area contributed by atoms with Gasteiger partial charge in [-0.2, -0.15) is 0 Å². The molecule has 4 saturated carbocycles. The van der Waals surface area contributed by atoms with Crippen LogP contribution in [0, 0.1) is 23.7 Å². The predicted octanol–water partition coefficient (Wildman–Crippen LogP) is 11.5. The normalized spacial score (nSPS) is 26.6. The lowest BCUT2D eigenvalue weighted by Crippen LogP contribution is -2.61. The number of benzene rings is 5. The average Bonchev–Trinajstić information content (AvgIpc) is 3.73. The summed E-state index contributed by atoms with van der Waals surface area (Å²) in [5.41, 5.74) is 8.72. The van der Waals surface area contributed by atoms with E-state index in [0.29, 0.717) is 17.5 Å². The summed E-state index contributed by atoms with van der Waals surface area (Å²) in [7, 11) is 0. The molecule has 0 unspecified atom stereocenters. The molecule has 5 aliphatic rings. The molecule has 8 nitrogen and oxygen atoms in total. The van der Waals surface area contributed by atoms with E-state index in [9.17, 15) is 9.90 Å². The van der Waals surface area contributed by atoms with Crippen molar-refractivity contribution in [3.8, 4) is 33.7 Å². The van der Waals surface area contributed by atoms with Crippen LogP contribution >= 0.6 is 11.8 Å². The lowest BCUT2D eigenvalue weighted by molar-refractivity contribution is -0.268. The summed E-state index contributed by atoms with van der Waals surface area (Å²) in [5.74, 6) is 3.67. The van der Waals surface area contributed by atoms with Crippen LogP contribution in [-0.4, -0.2) is 33.5 Å². The zero-order chi connectivity index (χ0) is 41.3. The highest BCUT2D eigenvalue weighted by atomic mass is 32.2. The van der Waals surface area contributed by atoms with E-state index in [1.165, 1.54) is 19.3 Å². The van der Waals surface area contributed by atoms with Crippen molar-refractivity contribution >= 4 is 17.8 Å². The smallest absolute Gasteiger partial charge is 0.315 e. The second-order valence-corrected chi connectivity index (χ2v) is 18.8. The van der Waals surface area contributed by atoms with Crippen LogP contribution < -0.4 is 10.6 Å². The minimum Gasteiger partial charge on any atom is -0.431 e. The number of aliphatic hydroxyl groups is 1. The van der Waals surface area contributed by atoms with Gasteiger partial charge in [0.15, 0.2) is 12.1 Å². The van der Waals surface area contributed by atoms with E-state index in [1.54, 1.807) is 11.8 Å². The van der Waals surface area contributed by atoms with Gasteiger partial charge in [0.2, 0.25) is 0 Å². The number of rotatable bonds is 12. The number of oxazole rings is 1. The zero-order valence-corrected chi connectivity index (χ0v) is 35.4. The first-order valence-corrected chi connectivity index (χ1v) is 22.9. The Kier molecular flexibility index (Phi) is 11.3. The van der Waals surface area contributed by atoms with Gasteiger partial charge in [0, 0.05) is 40.4 Å². The third-order valence-electron chi connectivity index (χ3n) is 13.5. The summed E-state index contributed by atoms with van der Waals surface area (Å²) in [6, 6.07) is 45.0. The Morgan fingerprint density at radius 2 is 1.36 bits per heavy atom. The van der Waals surface area contributed by atoms with Crippen LogP contribution in [0.3, 0.4) is 0 Å². The quantitative estimate of drug-likeness (QED) is 0.105. The Balaban J connectivity index is 0.866. The van der Waals surface area contributed by atoms with E-state index in [-0.39, 0.29) is 36.3 Å². The Bertz CT molecular complexity index is 2360. The molecule has 1 aromatic heterocycles. The van der Waals surface area contributed by atoms with Gasteiger partial charge in [-0.3, -0.25) is 0 Å². The van der Waals surface area contributed by atoms with Crippen molar-refractivity contribution in [2.24, 2.45) is 23.7 Å². The molecule has 5 fully saturated rings. The third kappa shape index (κ3) is 8.67. The maximum atomic E-state index is 13.3. The predicted molar refractivity (Wildman–Crippen MR) is 239 cm³/mol. The Morgan fingerprint density at radius 3 is 2.05 bits per heavy atom. The molecule has 3 N–H and O–H groups in total. The summed E-state index contributed by atoms with van der Waals surface area (Å²) < 4.78 is 20.2. The van der Waals surface area contributed by atoms with E-state index < -0.39 is 6.29 Å². The number of hydrogen-bond acceptors (Lipinski definition) is 7. The third-order valence-corrected chi connectivity index (χ3v) is 14.4. The molecule has 2 heterocycles. The number of aliphatic hydroxyl groups excluding tert-OH is 1. The van der Waals surface area contributed by atoms with E-state index in [1.807, 2.05) is 72.8 Å². The topological polar surface area (TPSA) is 106 Å². The lowest BCUT2D eigenvalue weighted by atomic mass is 9.53. The standard InChI is InChI=1S/C52H53N3O5S/c1-33-45(32-61-51-54-46(39-11-4-2-5-12-39)48(60-51)40-13-6-3-7-14-40)58-49(59-47(33)41-20-18-34(31-56)19-21-41)44-17-9-16-43(26-44)42-15-8-10-35(25-42)30-53-50(57)55-52-27-36-22-37(28-52)24-38(23-36)29-52/h2-21,25-26,33,36-38,45,47,49,56H,22-24,27-32H2,1H3,(H2,53,55,57)/t33-,36?,37?,38?,45+,47+,49+,52?/m1/s1. The number of urea groups is 1. The van der Waals surface area contributed by atoms with Crippen molar-refractivity contribution in [1.82, 2.24) is 15.6 Å². The first-order valence-electron chi connectivity index (χ1n) is 21.9. The van der Waals surface area contributed by atoms with Crippen LogP contribution in [0.25, 0.3) is 33.7 Å². The number of carbonyl (C=O) groups is 1. The molecular formula is C52H53N3O5S. The van der Waals surface area contributed by atoms with Crippen LogP contribution in [0.5, 0.6) is 0 Å². The van der Waals surface area contributed by atoms with E-state index in [0.717, 1.165) is 93.0 Å². The second-order valence-electron chi connectivity index (χ2n) is 17.9. The van der Waals surface area contributed by atoms with Gasteiger partial charge in [0.05, 0.1) is 18.8 Å². The second kappa shape index (κ2) is 17.3. The highest BCUT2D eigenvalue weighted by Crippen LogP contribution is 2.55. The minimum absolute atomic E-state index is 0.00612. The van der Waals surface area contributed by atoms with Gasteiger partial charge in [0.25, 0.3) is 5.22 Å². The molecule has 0 radical (unpaired) electrons. The molecule has 5 aromatic carbocycles. The highest BCUT2D eigenvalue weighted by molar-refractivity contribution is 7.99. The molecule has 4 aliphatic carbocycles. The Hall–Kier alpha value is -5.19. The van der Waals surface area contributed by atoms with Crippen LogP contribution in [0.2, 0.25) is 0 Å². The number of nitrogens with one attached hydrogen (secondary N) is 2. The molecule has 9 heteroatoms. The van der Waals surface area contributed by atoms with Crippen LogP contribution in [-0.2, 0) is 22.6 Å². The van der Waals surface area contributed by atoms with Gasteiger partial charge >= 0.3 is 6.03 Å². The average molecular weight is 832 g/mol.